The maximum atomic E-state index is 12.1. The van der Waals surface area contributed by atoms with E-state index < -0.39 is 5.97 Å². The molecule has 2 N–H and O–H groups in total. The molecule has 6 heteroatoms. The Morgan fingerprint density at radius 3 is 2.95 bits per heavy atom. The quantitative estimate of drug-likeness (QED) is 0.860. The summed E-state index contributed by atoms with van der Waals surface area (Å²) in [6.45, 7) is 4.16. The molecule has 0 aromatic carbocycles. The first-order valence-electron chi connectivity index (χ1n) is 6.73. The minimum Gasteiger partial charge on any atom is -0.462 e. The largest absolute Gasteiger partial charge is 0.462 e. The van der Waals surface area contributed by atoms with Crippen LogP contribution in [0.25, 0.3) is 0 Å². The Hall–Kier alpha value is -2.08. The second kappa shape index (κ2) is 6.58. The van der Waals surface area contributed by atoms with Crippen LogP contribution >= 0.6 is 11.3 Å². The van der Waals surface area contributed by atoms with E-state index in [-0.39, 0.29) is 6.04 Å². The lowest BCUT2D eigenvalue weighted by atomic mass is 10.2. The Bertz CT molecular complexity index is 613. The van der Waals surface area contributed by atoms with Gasteiger partial charge >= 0.3 is 5.97 Å². The van der Waals surface area contributed by atoms with E-state index in [1.165, 1.54) is 4.88 Å². The minimum absolute atomic E-state index is 0.106. The number of thiophene rings is 1. The molecule has 0 bridgehead atoms. The van der Waals surface area contributed by atoms with Gasteiger partial charge in [0.15, 0.2) is 0 Å². The number of rotatable bonds is 5. The van der Waals surface area contributed by atoms with E-state index in [0.717, 1.165) is 0 Å². The summed E-state index contributed by atoms with van der Waals surface area (Å²) in [7, 11) is 1.91. The number of hydrogen-bond acceptors (Lipinski definition) is 6. The monoisotopic (exact) mass is 305 g/mol. The van der Waals surface area contributed by atoms with Crippen LogP contribution in [0, 0.1) is 0 Å². The summed E-state index contributed by atoms with van der Waals surface area (Å²) >= 11 is 1.67. The lowest BCUT2D eigenvalue weighted by Crippen LogP contribution is -2.25. The SMILES string of the molecule is CCOC(=O)c1cc(N)cnc1N(C)C(C)c1cccs1. The zero-order valence-electron chi connectivity index (χ0n) is 12.4. The number of esters is 1. The van der Waals surface area contributed by atoms with E-state index in [1.807, 2.05) is 23.4 Å². The second-order valence-electron chi connectivity index (χ2n) is 4.66. The highest BCUT2D eigenvalue weighted by Crippen LogP contribution is 2.30. The highest BCUT2D eigenvalue weighted by molar-refractivity contribution is 7.10. The number of aromatic nitrogens is 1. The molecule has 2 rings (SSSR count). The first-order valence-corrected chi connectivity index (χ1v) is 7.61. The first kappa shape index (κ1) is 15.3. The zero-order valence-corrected chi connectivity index (χ0v) is 13.2. The van der Waals surface area contributed by atoms with Crippen LogP contribution in [-0.2, 0) is 4.74 Å². The van der Waals surface area contributed by atoms with Crippen LogP contribution in [-0.4, -0.2) is 24.6 Å². The van der Waals surface area contributed by atoms with Crippen LogP contribution in [0.15, 0.2) is 29.8 Å². The van der Waals surface area contributed by atoms with Crippen molar-refractivity contribution in [3.63, 3.8) is 0 Å². The number of nitrogens with zero attached hydrogens (tertiary/aromatic N) is 2. The maximum Gasteiger partial charge on any atom is 0.341 e. The molecular weight excluding hydrogens is 286 g/mol. The van der Waals surface area contributed by atoms with Gasteiger partial charge in [0.05, 0.1) is 24.5 Å². The molecule has 0 aliphatic heterocycles. The molecular formula is C15H19N3O2S. The van der Waals surface area contributed by atoms with E-state index in [4.69, 9.17) is 10.5 Å². The fourth-order valence-electron chi connectivity index (χ4n) is 2.02. The van der Waals surface area contributed by atoms with Gasteiger partial charge in [0.1, 0.15) is 11.4 Å². The van der Waals surface area contributed by atoms with Crippen molar-refractivity contribution in [2.24, 2.45) is 0 Å². The van der Waals surface area contributed by atoms with Crippen LogP contribution in [0.5, 0.6) is 0 Å². The van der Waals surface area contributed by atoms with Crippen LogP contribution in [0.1, 0.15) is 35.1 Å². The van der Waals surface area contributed by atoms with Crippen molar-refractivity contribution in [1.82, 2.24) is 4.98 Å². The predicted molar refractivity (Wildman–Crippen MR) is 85.7 cm³/mol. The molecule has 0 fully saturated rings. The van der Waals surface area contributed by atoms with Gasteiger partial charge in [-0.3, -0.25) is 0 Å². The maximum absolute atomic E-state index is 12.1. The summed E-state index contributed by atoms with van der Waals surface area (Å²) in [6, 6.07) is 5.78. The van der Waals surface area contributed by atoms with Crippen molar-refractivity contribution in [3.05, 3.63) is 40.2 Å². The van der Waals surface area contributed by atoms with Crippen molar-refractivity contribution in [2.45, 2.75) is 19.9 Å². The summed E-state index contributed by atoms with van der Waals surface area (Å²) in [5.41, 5.74) is 6.58. The molecule has 112 valence electrons. The van der Waals surface area contributed by atoms with E-state index in [9.17, 15) is 4.79 Å². The fourth-order valence-corrected chi connectivity index (χ4v) is 2.84. The van der Waals surface area contributed by atoms with Gasteiger partial charge < -0.3 is 15.4 Å². The number of nitrogens with two attached hydrogens (primary N) is 1. The Kier molecular flexibility index (Phi) is 4.80. The van der Waals surface area contributed by atoms with E-state index in [2.05, 4.69) is 18.0 Å². The van der Waals surface area contributed by atoms with E-state index in [1.54, 1.807) is 30.5 Å². The highest BCUT2D eigenvalue weighted by Gasteiger charge is 2.22. The lowest BCUT2D eigenvalue weighted by Gasteiger charge is -2.26. The van der Waals surface area contributed by atoms with Crippen molar-refractivity contribution in [3.8, 4) is 0 Å². The third kappa shape index (κ3) is 3.33. The smallest absolute Gasteiger partial charge is 0.341 e. The lowest BCUT2D eigenvalue weighted by molar-refractivity contribution is 0.0526. The van der Waals surface area contributed by atoms with Crippen LogP contribution in [0.4, 0.5) is 11.5 Å². The van der Waals surface area contributed by atoms with Gasteiger partial charge in [-0.15, -0.1) is 11.3 Å². The third-order valence-corrected chi connectivity index (χ3v) is 4.30. The van der Waals surface area contributed by atoms with Crippen LogP contribution in [0.3, 0.4) is 0 Å². The Morgan fingerprint density at radius 2 is 2.33 bits per heavy atom. The molecule has 5 nitrogen and oxygen atoms in total. The van der Waals surface area contributed by atoms with Crippen LogP contribution in [0.2, 0.25) is 0 Å². The summed E-state index contributed by atoms with van der Waals surface area (Å²) < 4.78 is 5.09. The summed E-state index contributed by atoms with van der Waals surface area (Å²) in [6.07, 6.45) is 1.55. The minimum atomic E-state index is -0.405. The number of carbonyl (C=O) groups excluding carboxylic acids is 1. The number of anilines is 2. The molecule has 0 aliphatic rings. The van der Waals surface area contributed by atoms with Crippen LogP contribution < -0.4 is 10.6 Å². The third-order valence-electron chi connectivity index (χ3n) is 3.25. The van der Waals surface area contributed by atoms with Crippen molar-refractivity contribution in [2.75, 3.05) is 24.3 Å². The van der Waals surface area contributed by atoms with Crippen molar-refractivity contribution >= 4 is 28.8 Å². The predicted octanol–water partition coefficient (Wildman–Crippen LogP) is 3.10. The first-order chi connectivity index (χ1) is 10.0. The average Bonchev–Trinajstić information content (AvgIpc) is 3.00. The number of nitrogen functional groups attached to an aromatic ring is 1. The molecule has 1 unspecified atom stereocenters. The second-order valence-corrected chi connectivity index (χ2v) is 5.64. The topological polar surface area (TPSA) is 68.5 Å². The highest BCUT2D eigenvalue weighted by atomic mass is 32.1. The molecule has 1 atom stereocenters. The van der Waals surface area contributed by atoms with Gasteiger partial charge in [0, 0.05) is 11.9 Å². The molecule has 0 aliphatic carbocycles. The van der Waals surface area contributed by atoms with Crippen molar-refractivity contribution < 1.29 is 9.53 Å². The molecule has 0 saturated heterocycles. The molecule has 2 aromatic rings. The number of hydrogen-bond donors (Lipinski definition) is 1. The number of ether oxygens (including phenoxy) is 1. The molecule has 2 aromatic heterocycles. The van der Waals surface area contributed by atoms with Gasteiger partial charge in [-0.2, -0.15) is 0 Å². The molecule has 0 amide bonds. The molecule has 2 heterocycles. The molecule has 0 spiro atoms. The van der Waals surface area contributed by atoms with Gasteiger partial charge in [-0.25, -0.2) is 9.78 Å². The molecule has 21 heavy (non-hydrogen) atoms. The Morgan fingerprint density at radius 1 is 1.57 bits per heavy atom. The van der Waals surface area contributed by atoms with Gasteiger partial charge in [-0.05, 0) is 31.4 Å². The van der Waals surface area contributed by atoms with Gasteiger partial charge in [0.25, 0.3) is 0 Å². The van der Waals surface area contributed by atoms with Gasteiger partial charge in [0.2, 0.25) is 0 Å². The summed E-state index contributed by atoms with van der Waals surface area (Å²) in [5, 5.41) is 2.03. The van der Waals surface area contributed by atoms with Crippen molar-refractivity contribution in [1.29, 1.82) is 0 Å². The van der Waals surface area contributed by atoms with Gasteiger partial charge in [-0.1, -0.05) is 6.07 Å². The zero-order chi connectivity index (χ0) is 15.4. The number of carbonyl (C=O) groups is 1. The fraction of sp³-hybridized carbons (Fsp3) is 0.333. The van der Waals surface area contributed by atoms with E-state index >= 15 is 0 Å². The normalized spacial score (nSPS) is 12.0. The summed E-state index contributed by atoms with van der Waals surface area (Å²) in [5.74, 6) is 0.168. The Balaban J connectivity index is 2.36. The molecule has 0 radical (unpaired) electrons. The standard InChI is InChI=1S/C15H19N3O2S/c1-4-20-15(19)12-8-11(16)9-17-14(12)18(3)10(2)13-6-5-7-21-13/h5-10H,4,16H2,1-3H3. The summed E-state index contributed by atoms with van der Waals surface area (Å²) in [4.78, 5) is 19.6. The number of pyridine rings is 1. The van der Waals surface area contributed by atoms with E-state index in [0.29, 0.717) is 23.7 Å². The Labute approximate surface area is 128 Å². The average molecular weight is 305 g/mol. The molecule has 0 saturated carbocycles.